The highest BCUT2D eigenvalue weighted by atomic mass is 16.5. The second kappa shape index (κ2) is 5.86. The zero-order valence-corrected chi connectivity index (χ0v) is 10.6. The molecule has 2 aromatic rings. The number of methoxy groups -OCH3 is 1. The number of aromatic nitrogens is 1. The standard InChI is InChI=1S/C14H15N3O2/c1-19-12-5-2-10(3-6-12)8-16-13-7-4-11(9-17-13)14(15)18/h2-7,9H,8H2,1H3,(H2,15,18)(H,16,17). The fourth-order valence-electron chi connectivity index (χ4n) is 1.58. The number of nitrogens with zero attached hydrogens (tertiary/aromatic N) is 1. The number of anilines is 1. The molecule has 0 aliphatic heterocycles. The number of rotatable bonds is 5. The molecule has 1 heterocycles. The first-order chi connectivity index (χ1) is 9.19. The number of nitrogens with one attached hydrogen (secondary N) is 1. The quantitative estimate of drug-likeness (QED) is 0.856. The topological polar surface area (TPSA) is 77.2 Å². The van der Waals surface area contributed by atoms with E-state index in [1.165, 1.54) is 6.20 Å². The second-order valence-corrected chi connectivity index (χ2v) is 4.00. The lowest BCUT2D eigenvalue weighted by Gasteiger charge is -2.06. The first-order valence-electron chi connectivity index (χ1n) is 5.81. The van der Waals surface area contributed by atoms with Crippen molar-refractivity contribution in [1.29, 1.82) is 0 Å². The van der Waals surface area contributed by atoms with E-state index < -0.39 is 5.91 Å². The van der Waals surface area contributed by atoms with Crippen molar-refractivity contribution in [2.75, 3.05) is 12.4 Å². The van der Waals surface area contributed by atoms with Crippen LogP contribution in [0.2, 0.25) is 0 Å². The van der Waals surface area contributed by atoms with E-state index in [2.05, 4.69) is 10.3 Å². The number of ether oxygens (including phenoxy) is 1. The minimum Gasteiger partial charge on any atom is -0.497 e. The van der Waals surface area contributed by atoms with Crippen LogP contribution in [0.4, 0.5) is 5.82 Å². The minimum absolute atomic E-state index is 0.398. The van der Waals surface area contributed by atoms with Crippen molar-refractivity contribution in [2.24, 2.45) is 5.73 Å². The summed E-state index contributed by atoms with van der Waals surface area (Å²) in [6, 6.07) is 11.1. The molecule has 5 nitrogen and oxygen atoms in total. The average molecular weight is 257 g/mol. The van der Waals surface area contributed by atoms with E-state index in [4.69, 9.17) is 10.5 Å². The van der Waals surface area contributed by atoms with Crippen LogP contribution in [0.5, 0.6) is 5.75 Å². The summed E-state index contributed by atoms with van der Waals surface area (Å²) in [4.78, 5) is 15.0. The van der Waals surface area contributed by atoms with Crippen LogP contribution in [0.3, 0.4) is 0 Å². The molecule has 0 saturated heterocycles. The minimum atomic E-state index is -0.478. The van der Waals surface area contributed by atoms with Gasteiger partial charge in [0.1, 0.15) is 11.6 Å². The molecular weight excluding hydrogens is 242 g/mol. The van der Waals surface area contributed by atoms with Crippen LogP contribution >= 0.6 is 0 Å². The molecule has 0 aliphatic carbocycles. The summed E-state index contributed by atoms with van der Waals surface area (Å²) in [6.07, 6.45) is 1.46. The van der Waals surface area contributed by atoms with Crippen LogP contribution in [0.25, 0.3) is 0 Å². The molecule has 1 aromatic heterocycles. The molecule has 0 bridgehead atoms. The van der Waals surface area contributed by atoms with Gasteiger partial charge in [-0.1, -0.05) is 12.1 Å². The number of primary amides is 1. The maximum absolute atomic E-state index is 10.9. The normalized spacial score (nSPS) is 9.95. The van der Waals surface area contributed by atoms with Crippen LogP contribution in [-0.2, 0) is 6.54 Å². The van der Waals surface area contributed by atoms with E-state index in [1.807, 2.05) is 24.3 Å². The zero-order chi connectivity index (χ0) is 13.7. The number of amides is 1. The fourth-order valence-corrected chi connectivity index (χ4v) is 1.58. The number of pyridine rings is 1. The Morgan fingerprint density at radius 2 is 2.00 bits per heavy atom. The molecular formula is C14H15N3O2. The van der Waals surface area contributed by atoms with Crippen LogP contribution in [-0.4, -0.2) is 18.0 Å². The Morgan fingerprint density at radius 1 is 1.26 bits per heavy atom. The summed E-state index contributed by atoms with van der Waals surface area (Å²) in [5.41, 5.74) is 6.66. The highest BCUT2D eigenvalue weighted by Gasteiger charge is 2.01. The Bertz CT molecular complexity index is 550. The molecule has 98 valence electrons. The number of hydrogen-bond acceptors (Lipinski definition) is 4. The predicted octanol–water partition coefficient (Wildman–Crippen LogP) is 1.80. The molecule has 5 heteroatoms. The first-order valence-corrected chi connectivity index (χ1v) is 5.81. The van der Waals surface area contributed by atoms with E-state index in [0.717, 1.165) is 11.3 Å². The highest BCUT2D eigenvalue weighted by Crippen LogP contribution is 2.12. The Kier molecular flexibility index (Phi) is 3.97. The van der Waals surface area contributed by atoms with Crippen molar-refractivity contribution in [3.8, 4) is 5.75 Å². The van der Waals surface area contributed by atoms with Gasteiger partial charge in [0.2, 0.25) is 5.91 Å². The number of hydrogen-bond donors (Lipinski definition) is 2. The highest BCUT2D eigenvalue weighted by molar-refractivity contribution is 5.92. The lowest BCUT2D eigenvalue weighted by Crippen LogP contribution is -2.11. The third-order valence-electron chi connectivity index (χ3n) is 2.68. The van der Waals surface area contributed by atoms with Gasteiger partial charge in [0.25, 0.3) is 0 Å². The summed E-state index contributed by atoms with van der Waals surface area (Å²) >= 11 is 0. The predicted molar refractivity (Wildman–Crippen MR) is 73.1 cm³/mol. The Hall–Kier alpha value is -2.56. The summed E-state index contributed by atoms with van der Waals surface area (Å²) in [5.74, 6) is 1.04. The van der Waals surface area contributed by atoms with Gasteiger partial charge in [0.15, 0.2) is 0 Å². The Labute approximate surface area is 111 Å². The van der Waals surface area contributed by atoms with Gasteiger partial charge in [-0.05, 0) is 29.8 Å². The molecule has 0 radical (unpaired) electrons. The van der Waals surface area contributed by atoms with Crippen molar-refractivity contribution >= 4 is 11.7 Å². The van der Waals surface area contributed by atoms with Crippen molar-refractivity contribution in [1.82, 2.24) is 4.98 Å². The zero-order valence-electron chi connectivity index (χ0n) is 10.6. The Balaban J connectivity index is 1.95. The fraction of sp³-hybridized carbons (Fsp3) is 0.143. The molecule has 19 heavy (non-hydrogen) atoms. The summed E-state index contributed by atoms with van der Waals surface area (Å²) in [5, 5.41) is 3.16. The lowest BCUT2D eigenvalue weighted by molar-refractivity contribution is 0.1000. The van der Waals surface area contributed by atoms with E-state index in [-0.39, 0.29) is 0 Å². The largest absolute Gasteiger partial charge is 0.497 e. The molecule has 1 aromatic carbocycles. The van der Waals surface area contributed by atoms with E-state index in [1.54, 1.807) is 19.2 Å². The smallest absolute Gasteiger partial charge is 0.250 e. The van der Waals surface area contributed by atoms with Gasteiger partial charge in [-0.2, -0.15) is 0 Å². The molecule has 0 unspecified atom stereocenters. The van der Waals surface area contributed by atoms with Crippen molar-refractivity contribution in [3.63, 3.8) is 0 Å². The number of carbonyl (C=O) groups is 1. The van der Waals surface area contributed by atoms with Gasteiger partial charge in [0.05, 0.1) is 12.7 Å². The third-order valence-corrected chi connectivity index (χ3v) is 2.68. The van der Waals surface area contributed by atoms with Gasteiger partial charge >= 0.3 is 0 Å². The van der Waals surface area contributed by atoms with Gasteiger partial charge in [0, 0.05) is 12.7 Å². The van der Waals surface area contributed by atoms with E-state index >= 15 is 0 Å². The van der Waals surface area contributed by atoms with Gasteiger partial charge < -0.3 is 15.8 Å². The van der Waals surface area contributed by atoms with Crippen molar-refractivity contribution in [3.05, 3.63) is 53.7 Å². The van der Waals surface area contributed by atoms with Crippen LogP contribution in [0.15, 0.2) is 42.6 Å². The number of carbonyl (C=O) groups excluding carboxylic acids is 1. The third kappa shape index (κ3) is 3.45. The molecule has 1 amide bonds. The van der Waals surface area contributed by atoms with E-state index in [9.17, 15) is 4.79 Å². The number of nitrogens with two attached hydrogens (primary N) is 1. The monoisotopic (exact) mass is 257 g/mol. The first kappa shape index (κ1) is 12.9. The second-order valence-electron chi connectivity index (χ2n) is 4.00. The molecule has 2 rings (SSSR count). The Morgan fingerprint density at radius 3 is 2.53 bits per heavy atom. The molecule has 0 saturated carbocycles. The lowest BCUT2D eigenvalue weighted by atomic mass is 10.2. The summed E-state index contributed by atoms with van der Waals surface area (Å²) in [7, 11) is 1.64. The molecule has 0 aliphatic rings. The SMILES string of the molecule is COc1ccc(CNc2ccc(C(N)=O)cn2)cc1. The maximum Gasteiger partial charge on any atom is 0.250 e. The van der Waals surface area contributed by atoms with Gasteiger partial charge in [-0.25, -0.2) is 4.98 Å². The van der Waals surface area contributed by atoms with E-state index in [0.29, 0.717) is 17.9 Å². The van der Waals surface area contributed by atoms with Gasteiger partial charge in [-0.3, -0.25) is 4.79 Å². The van der Waals surface area contributed by atoms with Crippen LogP contribution < -0.4 is 15.8 Å². The average Bonchev–Trinajstić information content (AvgIpc) is 2.46. The van der Waals surface area contributed by atoms with Crippen LogP contribution in [0.1, 0.15) is 15.9 Å². The molecule has 0 fully saturated rings. The summed E-state index contributed by atoms with van der Waals surface area (Å²) in [6.45, 7) is 0.646. The van der Waals surface area contributed by atoms with Crippen LogP contribution in [0, 0.1) is 0 Å². The van der Waals surface area contributed by atoms with Gasteiger partial charge in [-0.15, -0.1) is 0 Å². The summed E-state index contributed by atoms with van der Waals surface area (Å²) < 4.78 is 5.09. The molecule has 0 spiro atoms. The molecule has 3 N–H and O–H groups in total. The maximum atomic E-state index is 10.9. The molecule has 0 atom stereocenters. The van der Waals surface area contributed by atoms with Crippen molar-refractivity contribution in [2.45, 2.75) is 6.54 Å². The van der Waals surface area contributed by atoms with Crippen molar-refractivity contribution < 1.29 is 9.53 Å². The number of benzene rings is 1.